The fourth-order valence-electron chi connectivity index (χ4n) is 1.92. The fourth-order valence-corrected chi connectivity index (χ4v) is 1.92. The van der Waals surface area contributed by atoms with E-state index in [1.165, 1.54) is 0 Å². The van der Waals surface area contributed by atoms with E-state index in [-0.39, 0.29) is 6.10 Å². The number of rotatable bonds is 12. The fraction of sp³-hybridized carbons (Fsp3) is 0.611. The Morgan fingerprint density at radius 3 is 1.93 bits per heavy atom. The SMILES string of the molecule is CNCCCOc1cncc(OC(C)C)c1.O=C(O)[C@@H](O)[C@H](O)[C@H](O)[C@@H](O)C(=O)O. The molecular formula is C18H30N2O10. The second-order valence-electron chi connectivity index (χ2n) is 6.38. The second-order valence-corrected chi connectivity index (χ2v) is 6.38. The van der Waals surface area contributed by atoms with Crippen LogP contribution < -0.4 is 14.8 Å². The molecule has 0 fully saturated rings. The van der Waals surface area contributed by atoms with Crippen LogP contribution in [0.15, 0.2) is 18.5 Å². The number of aromatic nitrogens is 1. The summed E-state index contributed by atoms with van der Waals surface area (Å²) in [4.78, 5) is 24.2. The highest BCUT2D eigenvalue weighted by Crippen LogP contribution is 2.18. The molecule has 0 unspecified atom stereocenters. The molecule has 7 N–H and O–H groups in total. The molecule has 0 amide bonds. The average molecular weight is 434 g/mol. The molecule has 12 heteroatoms. The van der Waals surface area contributed by atoms with Crippen LogP contribution in [-0.2, 0) is 9.59 Å². The zero-order valence-electron chi connectivity index (χ0n) is 17.0. The van der Waals surface area contributed by atoms with Crippen LogP contribution in [0.4, 0.5) is 0 Å². The standard InChI is InChI=1S/C12H20N2O2.C6H10O8/c1-10(2)16-12-7-11(8-14-9-12)15-6-4-5-13-3;7-1(3(9)5(11)12)2(8)4(10)6(13)14/h7-10,13H,4-6H2,1-3H3;1-4,7-10H,(H,11,12)(H,13,14)/t;1-,2+,3+,4-. The third-order valence-electron chi connectivity index (χ3n) is 3.40. The number of carbonyl (C=O) groups is 2. The van der Waals surface area contributed by atoms with Gasteiger partial charge in [0.15, 0.2) is 12.2 Å². The Kier molecular flexibility index (Phi) is 13.3. The molecule has 0 bridgehead atoms. The van der Waals surface area contributed by atoms with Gasteiger partial charge in [0.2, 0.25) is 0 Å². The van der Waals surface area contributed by atoms with E-state index in [4.69, 9.17) is 40.1 Å². The number of hydrogen-bond acceptors (Lipinski definition) is 10. The van der Waals surface area contributed by atoms with Crippen LogP contribution in [0.1, 0.15) is 20.3 Å². The van der Waals surface area contributed by atoms with Gasteiger partial charge >= 0.3 is 11.9 Å². The number of aliphatic hydroxyl groups excluding tert-OH is 4. The van der Waals surface area contributed by atoms with Crippen molar-refractivity contribution in [3.8, 4) is 11.5 Å². The first-order valence-corrected chi connectivity index (χ1v) is 9.08. The smallest absolute Gasteiger partial charge is 0.335 e. The van der Waals surface area contributed by atoms with Gasteiger partial charge in [0.1, 0.15) is 23.7 Å². The van der Waals surface area contributed by atoms with Crippen LogP contribution in [0.25, 0.3) is 0 Å². The lowest BCUT2D eigenvalue weighted by atomic mass is 10.0. The summed E-state index contributed by atoms with van der Waals surface area (Å²) >= 11 is 0. The van der Waals surface area contributed by atoms with Crippen LogP contribution in [-0.4, -0.2) is 98.3 Å². The molecule has 30 heavy (non-hydrogen) atoms. The molecule has 0 aromatic carbocycles. The van der Waals surface area contributed by atoms with Gasteiger partial charge in [-0.2, -0.15) is 0 Å². The molecular weight excluding hydrogens is 404 g/mol. The van der Waals surface area contributed by atoms with Gasteiger partial charge in [0.05, 0.1) is 25.1 Å². The number of carboxylic acid groups (broad SMARTS) is 2. The first kappa shape index (κ1) is 27.5. The Morgan fingerprint density at radius 2 is 1.50 bits per heavy atom. The molecule has 0 aliphatic rings. The van der Waals surface area contributed by atoms with Gasteiger partial charge < -0.3 is 45.4 Å². The van der Waals surface area contributed by atoms with E-state index in [0.29, 0.717) is 6.61 Å². The summed E-state index contributed by atoms with van der Waals surface area (Å²) < 4.78 is 11.1. The van der Waals surface area contributed by atoms with Crippen molar-refractivity contribution in [2.75, 3.05) is 20.2 Å². The second kappa shape index (κ2) is 14.5. The van der Waals surface area contributed by atoms with Crippen LogP contribution in [0.5, 0.6) is 11.5 Å². The summed E-state index contributed by atoms with van der Waals surface area (Å²) in [7, 11) is 1.93. The number of ether oxygens (including phenoxy) is 2. The van der Waals surface area contributed by atoms with E-state index >= 15 is 0 Å². The van der Waals surface area contributed by atoms with E-state index in [1.807, 2.05) is 27.0 Å². The van der Waals surface area contributed by atoms with Crippen molar-refractivity contribution >= 4 is 11.9 Å². The minimum Gasteiger partial charge on any atom is -0.492 e. The maximum atomic E-state index is 10.1. The van der Waals surface area contributed by atoms with Gasteiger partial charge in [-0.15, -0.1) is 0 Å². The predicted octanol–water partition coefficient (Wildman–Crippen LogP) is -1.54. The van der Waals surface area contributed by atoms with E-state index in [9.17, 15) is 9.59 Å². The van der Waals surface area contributed by atoms with E-state index in [0.717, 1.165) is 24.5 Å². The number of carboxylic acids is 2. The number of pyridine rings is 1. The number of hydrogen-bond donors (Lipinski definition) is 7. The van der Waals surface area contributed by atoms with Gasteiger partial charge in [-0.3, -0.25) is 4.98 Å². The summed E-state index contributed by atoms with van der Waals surface area (Å²) in [5.41, 5.74) is 0. The Hall–Kier alpha value is -2.51. The minimum absolute atomic E-state index is 0.154. The third-order valence-corrected chi connectivity index (χ3v) is 3.40. The molecule has 0 saturated carbocycles. The summed E-state index contributed by atoms with van der Waals surface area (Å²) in [6.45, 7) is 5.62. The van der Waals surface area contributed by atoms with Gasteiger partial charge in [-0.25, -0.2) is 9.59 Å². The van der Waals surface area contributed by atoms with Crippen molar-refractivity contribution in [1.82, 2.24) is 10.3 Å². The zero-order chi connectivity index (χ0) is 23.3. The number of aliphatic carboxylic acids is 2. The predicted molar refractivity (Wildman–Crippen MR) is 103 cm³/mol. The average Bonchev–Trinajstić information content (AvgIpc) is 2.69. The molecule has 1 aromatic heterocycles. The lowest BCUT2D eigenvalue weighted by Gasteiger charge is -2.21. The molecule has 4 atom stereocenters. The molecule has 1 aromatic rings. The molecule has 172 valence electrons. The number of aliphatic hydroxyl groups is 4. The molecule has 0 aliphatic heterocycles. The van der Waals surface area contributed by atoms with Crippen LogP contribution in [0.3, 0.4) is 0 Å². The molecule has 1 rings (SSSR count). The Balaban J connectivity index is 0.000000567. The summed E-state index contributed by atoms with van der Waals surface area (Å²) in [5.74, 6) is -2.17. The Morgan fingerprint density at radius 1 is 1.00 bits per heavy atom. The van der Waals surface area contributed by atoms with E-state index < -0.39 is 36.4 Å². The highest BCUT2D eigenvalue weighted by atomic mass is 16.5. The van der Waals surface area contributed by atoms with Crippen LogP contribution >= 0.6 is 0 Å². The zero-order valence-corrected chi connectivity index (χ0v) is 17.0. The molecule has 1 heterocycles. The van der Waals surface area contributed by atoms with Crippen molar-refractivity contribution in [3.05, 3.63) is 18.5 Å². The van der Waals surface area contributed by atoms with Crippen molar-refractivity contribution in [2.24, 2.45) is 0 Å². The number of nitrogens with zero attached hydrogens (tertiary/aromatic N) is 1. The normalized spacial score (nSPS) is 14.7. The van der Waals surface area contributed by atoms with Crippen molar-refractivity contribution in [1.29, 1.82) is 0 Å². The highest BCUT2D eigenvalue weighted by molar-refractivity contribution is 5.75. The Labute approximate surface area is 173 Å². The van der Waals surface area contributed by atoms with Crippen molar-refractivity contribution in [3.63, 3.8) is 0 Å². The molecule has 0 spiro atoms. The molecule has 0 aliphatic carbocycles. The van der Waals surface area contributed by atoms with E-state index in [1.54, 1.807) is 12.4 Å². The first-order valence-electron chi connectivity index (χ1n) is 9.08. The van der Waals surface area contributed by atoms with Crippen molar-refractivity contribution < 1.29 is 49.7 Å². The molecule has 0 saturated heterocycles. The number of nitrogens with one attached hydrogen (secondary N) is 1. The summed E-state index contributed by atoms with van der Waals surface area (Å²) in [6, 6.07) is 1.87. The molecule has 0 radical (unpaired) electrons. The Bertz CT molecular complexity index is 619. The monoisotopic (exact) mass is 434 g/mol. The van der Waals surface area contributed by atoms with Crippen LogP contribution in [0, 0.1) is 0 Å². The van der Waals surface area contributed by atoms with Crippen LogP contribution in [0.2, 0.25) is 0 Å². The maximum absolute atomic E-state index is 10.1. The minimum atomic E-state index is -2.36. The maximum Gasteiger partial charge on any atom is 0.335 e. The van der Waals surface area contributed by atoms with Gasteiger partial charge in [0, 0.05) is 6.07 Å². The summed E-state index contributed by atoms with van der Waals surface area (Å²) in [6.07, 6.45) is -4.75. The topological polar surface area (TPSA) is 199 Å². The van der Waals surface area contributed by atoms with Gasteiger partial charge in [-0.05, 0) is 33.9 Å². The first-order chi connectivity index (χ1) is 14.0. The lowest BCUT2D eigenvalue weighted by Crippen LogP contribution is -2.49. The van der Waals surface area contributed by atoms with E-state index in [2.05, 4.69) is 10.3 Å². The van der Waals surface area contributed by atoms with Gasteiger partial charge in [0.25, 0.3) is 0 Å². The van der Waals surface area contributed by atoms with Crippen molar-refractivity contribution in [2.45, 2.75) is 50.8 Å². The third kappa shape index (κ3) is 10.9. The quantitative estimate of drug-likeness (QED) is 0.187. The summed E-state index contributed by atoms with van der Waals surface area (Å²) in [5, 5.41) is 54.5. The van der Waals surface area contributed by atoms with Gasteiger partial charge in [-0.1, -0.05) is 0 Å². The highest BCUT2D eigenvalue weighted by Gasteiger charge is 2.37. The lowest BCUT2D eigenvalue weighted by molar-refractivity contribution is -0.172. The molecule has 12 nitrogen and oxygen atoms in total. The largest absolute Gasteiger partial charge is 0.492 e.